The van der Waals surface area contributed by atoms with E-state index in [2.05, 4.69) is 15.2 Å². The van der Waals surface area contributed by atoms with E-state index in [1.807, 2.05) is 26.8 Å². The number of anilines is 2. The number of aryl methyl sites for hydroxylation is 1. The van der Waals surface area contributed by atoms with E-state index in [9.17, 15) is 14.7 Å². The molecule has 3 aromatic heterocycles. The predicted octanol–water partition coefficient (Wildman–Crippen LogP) is 4.22. The number of nitrogens with zero attached hydrogens (tertiary/aromatic N) is 4. The van der Waals surface area contributed by atoms with Crippen LogP contribution >= 0.6 is 11.6 Å². The molecule has 4 heterocycles. The van der Waals surface area contributed by atoms with Crippen LogP contribution in [0.5, 0.6) is 0 Å². The first kappa shape index (κ1) is 22.1. The number of piperidine rings is 1. The molecule has 32 heavy (non-hydrogen) atoms. The molecule has 9 heteroatoms. The van der Waals surface area contributed by atoms with Gasteiger partial charge in [0.25, 0.3) is 5.56 Å². The fourth-order valence-electron chi connectivity index (χ4n) is 4.24. The molecule has 0 aromatic carbocycles. The third kappa shape index (κ3) is 4.14. The molecule has 0 saturated carbocycles. The van der Waals surface area contributed by atoms with E-state index in [0.29, 0.717) is 16.9 Å². The molecule has 1 aliphatic heterocycles. The topological polar surface area (TPSA) is 99.8 Å². The molecule has 0 amide bonds. The maximum absolute atomic E-state index is 13.2. The van der Waals surface area contributed by atoms with Gasteiger partial charge in [0.1, 0.15) is 16.6 Å². The Bertz CT molecular complexity index is 1250. The van der Waals surface area contributed by atoms with Crippen molar-refractivity contribution in [3.63, 3.8) is 0 Å². The number of aromatic carboxylic acids is 1. The third-order valence-corrected chi connectivity index (χ3v) is 6.06. The molecule has 1 atom stereocenters. The Kier molecular flexibility index (Phi) is 6.06. The first-order valence-corrected chi connectivity index (χ1v) is 11.1. The lowest BCUT2D eigenvalue weighted by Crippen LogP contribution is -2.34. The van der Waals surface area contributed by atoms with Crippen molar-refractivity contribution >= 4 is 34.7 Å². The summed E-state index contributed by atoms with van der Waals surface area (Å²) in [6, 6.07) is 4.77. The van der Waals surface area contributed by atoms with Gasteiger partial charge in [-0.25, -0.2) is 14.8 Å². The zero-order valence-electron chi connectivity index (χ0n) is 18.4. The highest BCUT2D eigenvalue weighted by atomic mass is 35.5. The number of aromatic nitrogens is 3. The van der Waals surface area contributed by atoms with Gasteiger partial charge in [-0.15, -0.1) is 0 Å². The summed E-state index contributed by atoms with van der Waals surface area (Å²) in [5, 5.41) is 12.8. The van der Waals surface area contributed by atoms with Crippen molar-refractivity contribution < 1.29 is 9.90 Å². The molecule has 0 unspecified atom stereocenters. The largest absolute Gasteiger partial charge is 0.476 e. The summed E-state index contributed by atoms with van der Waals surface area (Å²) < 4.78 is 1.59. The van der Waals surface area contributed by atoms with Gasteiger partial charge in [-0.2, -0.15) is 0 Å². The number of nitrogens with one attached hydrogen (secondary N) is 1. The smallest absolute Gasteiger partial charge is 0.356 e. The molecule has 0 radical (unpaired) electrons. The van der Waals surface area contributed by atoms with Gasteiger partial charge in [0.05, 0.1) is 17.3 Å². The summed E-state index contributed by atoms with van der Waals surface area (Å²) in [5.74, 6) is -0.444. The van der Waals surface area contributed by atoms with Crippen molar-refractivity contribution in [3.05, 3.63) is 62.3 Å². The minimum absolute atomic E-state index is 0.0906. The molecule has 1 saturated heterocycles. The first-order chi connectivity index (χ1) is 15.3. The molecule has 168 valence electrons. The Labute approximate surface area is 190 Å². The molecule has 3 aromatic rings. The quantitative estimate of drug-likeness (QED) is 0.555. The van der Waals surface area contributed by atoms with Crippen molar-refractivity contribution in [2.75, 3.05) is 23.3 Å². The molecular formula is C23H26ClN5O3. The van der Waals surface area contributed by atoms with Crippen LogP contribution in [0.25, 0.3) is 5.65 Å². The molecule has 0 spiro atoms. The number of halogens is 1. The van der Waals surface area contributed by atoms with E-state index < -0.39 is 5.97 Å². The Hall–Kier alpha value is -3.13. The number of carbonyl (C=O) groups is 1. The highest BCUT2D eigenvalue weighted by molar-refractivity contribution is 6.29. The van der Waals surface area contributed by atoms with Crippen LogP contribution in [0, 0.1) is 13.8 Å². The normalized spacial score (nSPS) is 15.1. The Morgan fingerprint density at radius 3 is 2.59 bits per heavy atom. The highest BCUT2D eigenvalue weighted by Crippen LogP contribution is 2.28. The van der Waals surface area contributed by atoms with Crippen LogP contribution < -0.4 is 15.8 Å². The second kappa shape index (κ2) is 8.78. The maximum atomic E-state index is 13.2. The van der Waals surface area contributed by atoms with Crippen LogP contribution in [0.1, 0.15) is 59.4 Å². The van der Waals surface area contributed by atoms with E-state index in [4.69, 9.17) is 16.6 Å². The molecule has 1 fully saturated rings. The molecular weight excluding hydrogens is 430 g/mol. The van der Waals surface area contributed by atoms with Crippen LogP contribution in [0.4, 0.5) is 11.5 Å². The number of fused-ring (bicyclic) bond motifs is 1. The van der Waals surface area contributed by atoms with Crippen LogP contribution in [0.3, 0.4) is 0 Å². The number of pyridine rings is 2. The Balaban J connectivity index is 1.82. The standard InChI is InChI=1S/C23H26ClN5O3/c1-13-11-16(15(3)25-17-7-8-18(24)26-19(17)23(31)32)21-27-20(28-9-5-4-6-10-28)14(2)22(30)29(21)12-13/h7-8,11-12,15,25H,4-6,9-10H2,1-3H3,(H,31,32)/t15-/m0/s1. The molecule has 1 aliphatic rings. The van der Waals surface area contributed by atoms with Crippen LogP contribution in [-0.4, -0.2) is 38.5 Å². The lowest BCUT2D eigenvalue weighted by atomic mass is 10.1. The van der Waals surface area contributed by atoms with Crippen LogP contribution in [-0.2, 0) is 0 Å². The third-order valence-electron chi connectivity index (χ3n) is 5.85. The van der Waals surface area contributed by atoms with Crippen molar-refractivity contribution in [2.45, 2.75) is 46.1 Å². The number of carboxylic acid groups (broad SMARTS) is 1. The van der Waals surface area contributed by atoms with Gasteiger partial charge in [-0.05, 0) is 63.8 Å². The van der Waals surface area contributed by atoms with E-state index in [1.165, 1.54) is 12.5 Å². The van der Waals surface area contributed by atoms with Gasteiger partial charge in [-0.3, -0.25) is 9.20 Å². The average Bonchev–Trinajstić information content (AvgIpc) is 2.77. The second-order valence-corrected chi connectivity index (χ2v) is 8.67. The average molecular weight is 456 g/mol. The summed E-state index contributed by atoms with van der Waals surface area (Å²) in [6.07, 6.45) is 5.15. The molecule has 8 nitrogen and oxygen atoms in total. The fourth-order valence-corrected chi connectivity index (χ4v) is 4.39. The molecule has 0 aliphatic carbocycles. The minimum Gasteiger partial charge on any atom is -0.476 e. The number of hydrogen-bond acceptors (Lipinski definition) is 6. The lowest BCUT2D eigenvalue weighted by molar-refractivity contribution is 0.0691. The van der Waals surface area contributed by atoms with E-state index in [0.717, 1.165) is 42.9 Å². The maximum Gasteiger partial charge on any atom is 0.356 e. The van der Waals surface area contributed by atoms with E-state index in [1.54, 1.807) is 16.7 Å². The zero-order chi connectivity index (χ0) is 23.0. The molecule has 0 bridgehead atoms. The Morgan fingerprint density at radius 2 is 1.91 bits per heavy atom. The summed E-state index contributed by atoms with van der Waals surface area (Å²) in [6.45, 7) is 7.42. The van der Waals surface area contributed by atoms with Gasteiger partial charge in [0.2, 0.25) is 0 Å². The first-order valence-electron chi connectivity index (χ1n) is 10.7. The van der Waals surface area contributed by atoms with Gasteiger partial charge in [-0.1, -0.05) is 11.6 Å². The Morgan fingerprint density at radius 1 is 1.19 bits per heavy atom. The predicted molar refractivity (Wildman–Crippen MR) is 125 cm³/mol. The van der Waals surface area contributed by atoms with Crippen molar-refractivity contribution in [1.29, 1.82) is 0 Å². The van der Waals surface area contributed by atoms with Crippen LogP contribution in [0.15, 0.2) is 29.2 Å². The van der Waals surface area contributed by atoms with Gasteiger partial charge >= 0.3 is 5.97 Å². The summed E-state index contributed by atoms with van der Waals surface area (Å²) in [4.78, 5) is 35.9. The van der Waals surface area contributed by atoms with Gasteiger partial charge in [0, 0.05) is 24.8 Å². The molecule has 2 N–H and O–H groups in total. The monoisotopic (exact) mass is 455 g/mol. The van der Waals surface area contributed by atoms with Crippen molar-refractivity contribution in [2.24, 2.45) is 0 Å². The van der Waals surface area contributed by atoms with Gasteiger partial charge < -0.3 is 15.3 Å². The van der Waals surface area contributed by atoms with Crippen LogP contribution in [0.2, 0.25) is 5.15 Å². The fraction of sp³-hybridized carbons (Fsp3) is 0.391. The molecule has 4 rings (SSSR count). The number of rotatable bonds is 5. The number of carboxylic acids is 1. The lowest BCUT2D eigenvalue weighted by Gasteiger charge is -2.29. The number of hydrogen-bond donors (Lipinski definition) is 2. The minimum atomic E-state index is -1.17. The van der Waals surface area contributed by atoms with Gasteiger partial charge in [0.15, 0.2) is 5.69 Å². The van der Waals surface area contributed by atoms with Crippen molar-refractivity contribution in [3.8, 4) is 0 Å². The summed E-state index contributed by atoms with van der Waals surface area (Å²) in [7, 11) is 0. The van der Waals surface area contributed by atoms with E-state index in [-0.39, 0.29) is 22.4 Å². The SMILES string of the molecule is Cc1cc([C@H](C)Nc2ccc(Cl)nc2C(=O)O)c2nc(N3CCCCC3)c(C)c(=O)n2c1. The zero-order valence-corrected chi connectivity index (χ0v) is 19.1. The highest BCUT2D eigenvalue weighted by Gasteiger charge is 2.22. The van der Waals surface area contributed by atoms with Crippen molar-refractivity contribution in [1.82, 2.24) is 14.4 Å². The summed E-state index contributed by atoms with van der Waals surface area (Å²) in [5.41, 5.74) is 3.00. The van der Waals surface area contributed by atoms with E-state index >= 15 is 0 Å². The summed E-state index contributed by atoms with van der Waals surface area (Å²) >= 11 is 5.88. The second-order valence-electron chi connectivity index (χ2n) is 8.28.